The molecular formula is C16H21BrFNO. The zero-order valence-electron chi connectivity index (χ0n) is 12.1. The molecule has 0 N–H and O–H groups in total. The Labute approximate surface area is 128 Å². The van der Waals surface area contributed by atoms with Gasteiger partial charge in [0.15, 0.2) is 5.78 Å². The highest BCUT2D eigenvalue weighted by Gasteiger charge is 2.36. The predicted molar refractivity (Wildman–Crippen MR) is 82.6 cm³/mol. The lowest BCUT2D eigenvalue weighted by atomic mass is 9.90. The second-order valence-corrected chi connectivity index (χ2v) is 6.75. The van der Waals surface area contributed by atoms with E-state index in [0.29, 0.717) is 4.47 Å². The summed E-state index contributed by atoms with van der Waals surface area (Å²) in [6, 6.07) is 4.89. The zero-order chi connectivity index (χ0) is 14.8. The molecule has 0 radical (unpaired) electrons. The van der Waals surface area contributed by atoms with Crippen LogP contribution in [0.25, 0.3) is 0 Å². The van der Waals surface area contributed by atoms with E-state index in [9.17, 15) is 9.18 Å². The third-order valence-electron chi connectivity index (χ3n) is 4.15. The summed E-state index contributed by atoms with van der Waals surface area (Å²) in [5, 5.41) is 0. The summed E-state index contributed by atoms with van der Waals surface area (Å²) >= 11 is 3.15. The van der Waals surface area contributed by atoms with Crippen molar-refractivity contribution in [3.63, 3.8) is 0 Å². The number of rotatable bonds is 3. The molecule has 1 fully saturated rings. The van der Waals surface area contributed by atoms with Crippen LogP contribution in [-0.4, -0.2) is 29.3 Å². The number of carbonyl (C=O) groups is 1. The summed E-state index contributed by atoms with van der Waals surface area (Å²) in [7, 11) is 0. The van der Waals surface area contributed by atoms with E-state index in [1.54, 1.807) is 18.2 Å². The van der Waals surface area contributed by atoms with Gasteiger partial charge in [-0.2, -0.15) is 0 Å². The highest BCUT2D eigenvalue weighted by molar-refractivity contribution is 9.10. The molecule has 0 aliphatic carbocycles. The van der Waals surface area contributed by atoms with E-state index in [1.807, 2.05) is 13.8 Å². The molecule has 1 aromatic rings. The number of likely N-dealkylation sites (tertiary alicyclic amines) is 1. The van der Waals surface area contributed by atoms with Crippen molar-refractivity contribution in [3.05, 3.63) is 34.1 Å². The van der Waals surface area contributed by atoms with Gasteiger partial charge in [-0.3, -0.25) is 9.69 Å². The third kappa shape index (κ3) is 3.12. The van der Waals surface area contributed by atoms with E-state index < -0.39 is 11.4 Å². The van der Waals surface area contributed by atoms with Gasteiger partial charge in [-0.05, 0) is 67.8 Å². The molecule has 1 heterocycles. The molecule has 0 spiro atoms. The molecular weight excluding hydrogens is 321 g/mol. The molecule has 0 aromatic heterocycles. The maximum absolute atomic E-state index is 14.1. The fourth-order valence-corrected chi connectivity index (χ4v) is 3.15. The summed E-state index contributed by atoms with van der Waals surface area (Å²) in [5.41, 5.74) is -0.486. The lowest BCUT2D eigenvalue weighted by Crippen LogP contribution is -2.50. The molecule has 2 nitrogen and oxygen atoms in total. The van der Waals surface area contributed by atoms with Crippen LogP contribution in [0.1, 0.15) is 49.9 Å². The van der Waals surface area contributed by atoms with Crippen molar-refractivity contribution in [2.24, 2.45) is 0 Å². The van der Waals surface area contributed by atoms with Gasteiger partial charge in [0.25, 0.3) is 0 Å². The molecule has 1 saturated heterocycles. The Morgan fingerprint density at radius 3 is 2.40 bits per heavy atom. The normalized spacial score (nSPS) is 17.8. The molecule has 2 rings (SSSR count). The lowest BCUT2D eigenvalue weighted by molar-refractivity contribution is 0.0645. The smallest absolute Gasteiger partial charge is 0.185 e. The first-order chi connectivity index (χ1) is 9.44. The van der Waals surface area contributed by atoms with Crippen LogP contribution in [0, 0.1) is 5.82 Å². The molecule has 110 valence electrons. The lowest BCUT2D eigenvalue weighted by Gasteiger charge is -2.36. The van der Waals surface area contributed by atoms with Crippen LogP contribution in [0.15, 0.2) is 22.7 Å². The number of Topliss-reactive ketones (excluding diaryl/α,β-unsaturated/α-hetero) is 1. The van der Waals surface area contributed by atoms with Crippen LogP contribution in [0.2, 0.25) is 0 Å². The van der Waals surface area contributed by atoms with Crippen LogP contribution in [0.4, 0.5) is 4.39 Å². The number of nitrogens with zero attached hydrogens (tertiary/aromatic N) is 1. The predicted octanol–water partition coefficient (Wildman–Crippen LogP) is 4.43. The van der Waals surface area contributed by atoms with Crippen molar-refractivity contribution >= 4 is 21.7 Å². The van der Waals surface area contributed by atoms with Gasteiger partial charge in [0.2, 0.25) is 0 Å². The van der Waals surface area contributed by atoms with Gasteiger partial charge in [-0.25, -0.2) is 4.39 Å². The Balaban J connectivity index is 2.27. The summed E-state index contributed by atoms with van der Waals surface area (Å²) in [6.45, 7) is 5.63. The topological polar surface area (TPSA) is 20.3 Å². The Morgan fingerprint density at radius 1 is 1.20 bits per heavy atom. The highest BCUT2D eigenvalue weighted by Crippen LogP contribution is 2.27. The monoisotopic (exact) mass is 341 g/mol. The zero-order valence-corrected chi connectivity index (χ0v) is 13.7. The molecule has 4 heteroatoms. The van der Waals surface area contributed by atoms with Crippen molar-refractivity contribution in [1.82, 2.24) is 4.90 Å². The Bertz CT molecular complexity index is 493. The Kier molecular flexibility index (Phi) is 4.97. The molecule has 0 bridgehead atoms. The SMILES string of the molecule is CC(C)(C(=O)c1cccc(Br)c1F)N1CCCCCC1. The number of benzene rings is 1. The maximum Gasteiger partial charge on any atom is 0.185 e. The van der Waals surface area contributed by atoms with Crippen LogP contribution in [0.5, 0.6) is 0 Å². The van der Waals surface area contributed by atoms with E-state index in [0.717, 1.165) is 25.9 Å². The third-order valence-corrected chi connectivity index (χ3v) is 4.76. The van der Waals surface area contributed by atoms with Gasteiger partial charge in [-0.15, -0.1) is 0 Å². The van der Waals surface area contributed by atoms with Gasteiger partial charge in [0, 0.05) is 0 Å². The van der Waals surface area contributed by atoms with Gasteiger partial charge in [0.1, 0.15) is 5.82 Å². The fraction of sp³-hybridized carbons (Fsp3) is 0.562. The Hall–Kier alpha value is -0.740. The fourth-order valence-electron chi connectivity index (χ4n) is 2.78. The Morgan fingerprint density at radius 2 is 1.80 bits per heavy atom. The number of hydrogen-bond acceptors (Lipinski definition) is 2. The number of halogens is 2. The minimum atomic E-state index is -0.661. The van der Waals surface area contributed by atoms with Crippen LogP contribution >= 0.6 is 15.9 Å². The van der Waals surface area contributed by atoms with Crippen molar-refractivity contribution < 1.29 is 9.18 Å². The maximum atomic E-state index is 14.1. The molecule has 20 heavy (non-hydrogen) atoms. The summed E-state index contributed by atoms with van der Waals surface area (Å²) in [5.74, 6) is -0.599. The van der Waals surface area contributed by atoms with Crippen molar-refractivity contribution in [2.75, 3.05) is 13.1 Å². The standard InChI is InChI=1S/C16H21BrFNO/c1-16(2,19-10-5-3-4-6-11-19)15(20)12-8-7-9-13(17)14(12)18/h7-9H,3-6,10-11H2,1-2H3. The quantitative estimate of drug-likeness (QED) is 0.758. The first-order valence-corrected chi connectivity index (χ1v) is 7.98. The average molecular weight is 342 g/mol. The van der Waals surface area contributed by atoms with Crippen LogP contribution in [-0.2, 0) is 0 Å². The molecule has 0 atom stereocenters. The first-order valence-electron chi connectivity index (χ1n) is 7.18. The van der Waals surface area contributed by atoms with Crippen LogP contribution < -0.4 is 0 Å². The van der Waals surface area contributed by atoms with Gasteiger partial charge in [-0.1, -0.05) is 18.9 Å². The number of hydrogen-bond donors (Lipinski definition) is 0. The summed E-state index contributed by atoms with van der Waals surface area (Å²) in [6.07, 6.45) is 4.65. The van der Waals surface area contributed by atoms with E-state index in [4.69, 9.17) is 0 Å². The molecule has 0 saturated carbocycles. The van der Waals surface area contributed by atoms with Gasteiger partial charge >= 0.3 is 0 Å². The first kappa shape index (κ1) is 15.6. The van der Waals surface area contributed by atoms with E-state index in [1.165, 1.54) is 12.8 Å². The van der Waals surface area contributed by atoms with Crippen molar-refractivity contribution in [3.8, 4) is 0 Å². The minimum absolute atomic E-state index is 0.141. The molecule has 0 amide bonds. The highest BCUT2D eigenvalue weighted by atomic mass is 79.9. The van der Waals surface area contributed by atoms with Crippen molar-refractivity contribution in [1.29, 1.82) is 0 Å². The second-order valence-electron chi connectivity index (χ2n) is 5.89. The van der Waals surface area contributed by atoms with E-state index in [-0.39, 0.29) is 11.3 Å². The van der Waals surface area contributed by atoms with E-state index in [2.05, 4.69) is 20.8 Å². The number of carbonyl (C=O) groups excluding carboxylic acids is 1. The molecule has 1 aromatic carbocycles. The van der Waals surface area contributed by atoms with Crippen LogP contribution in [0.3, 0.4) is 0 Å². The molecule has 1 aliphatic heterocycles. The van der Waals surface area contributed by atoms with Gasteiger partial charge in [0.05, 0.1) is 15.6 Å². The largest absolute Gasteiger partial charge is 0.292 e. The summed E-state index contributed by atoms with van der Waals surface area (Å²) < 4.78 is 14.5. The summed E-state index contributed by atoms with van der Waals surface area (Å²) in [4.78, 5) is 14.9. The van der Waals surface area contributed by atoms with Crippen molar-refractivity contribution in [2.45, 2.75) is 45.1 Å². The average Bonchev–Trinajstić information content (AvgIpc) is 2.70. The second kappa shape index (κ2) is 6.35. The molecule has 1 aliphatic rings. The van der Waals surface area contributed by atoms with Gasteiger partial charge < -0.3 is 0 Å². The minimum Gasteiger partial charge on any atom is -0.292 e. The number of ketones is 1. The van der Waals surface area contributed by atoms with E-state index >= 15 is 0 Å². The molecule has 0 unspecified atom stereocenters.